The van der Waals surface area contributed by atoms with Gasteiger partial charge in [-0.3, -0.25) is 0 Å². The molecule has 0 fully saturated rings. The van der Waals surface area contributed by atoms with Crippen LogP contribution < -0.4 is 0 Å². The molecule has 3 nitrogen and oxygen atoms in total. The molecule has 3 unspecified atom stereocenters. The average Bonchev–Trinajstić information content (AvgIpc) is 1.63. The minimum atomic E-state index is -0.801. The second-order valence-corrected chi connectivity index (χ2v) is 2.39. The van der Waals surface area contributed by atoms with E-state index in [9.17, 15) is 0 Å². The summed E-state index contributed by atoms with van der Waals surface area (Å²) >= 11 is 0. The van der Waals surface area contributed by atoms with Gasteiger partial charge in [-0.2, -0.15) is 0 Å². The van der Waals surface area contributed by atoms with E-state index < -0.39 is 18.3 Å². The Balaban J connectivity index is 3.38. The number of aliphatic hydroxyl groups is 3. The lowest BCUT2D eigenvalue weighted by Gasteiger charge is -2.14. The molecule has 0 heterocycles. The van der Waals surface area contributed by atoms with E-state index in [1.807, 2.05) is 0 Å². The van der Waals surface area contributed by atoms with Gasteiger partial charge < -0.3 is 15.3 Å². The maximum Gasteiger partial charge on any atom is 0.0820 e. The van der Waals surface area contributed by atoms with Crippen molar-refractivity contribution in [2.75, 3.05) is 0 Å². The van der Waals surface area contributed by atoms with Gasteiger partial charge in [-0.1, -0.05) is 0 Å². The minimum Gasteiger partial charge on any atom is -0.393 e. The van der Waals surface area contributed by atoms with Crippen LogP contribution in [0.15, 0.2) is 0 Å². The summed E-state index contributed by atoms with van der Waals surface area (Å²) in [5, 5.41) is 26.3. The van der Waals surface area contributed by atoms with E-state index in [0.717, 1.165) is 0 Å². The molecule has 0 saturated heterocycles. The third-order valence-corrected chi connectivity index (χ3v) is 1.14. The zero-order valence-electron chi connectivity index (χ0n) is 5.78. The van der Waals surface area contributed by atoms with Gasteiger partial charge in [0.25, 0.3) is 0 Å². The molecule has 0 bridgehead atoms. The van der Waals surface area contributed by atoms with Crippen molar-refractivity contribution in [2.24, 2.45) is 0 Å². The lowest BCUT2D eigenvalue weighted by molar-refractivity contribution is 0.000842. The normalized spacial score (nSPS) is 21.0. The van der Waals surface area contributed by atoms with Crippen LogP contribution in [0.3, 0.4) is 0 Å². The Morgan fingerprint density at radius 3 is 1.67 bits per heavy atom. The first-order chi connectivity index (χ1) is 4.04. The summed E-state index contributed by atoms with van der Waals surface area (Å²) in [6.07, 6.45) is -1.86. The van der Waals surface area contributed by atoms with E-state index in [2.05, 4.69) is 0 Å². The first-order valence-electron chi connectivity index (χ1n) is 3.08. The highest BCUT2D eigenvalue weighted by molar-refractivity contribution is 4.64. The van der Waals surface area contributed by atoms with Crippen LogP contribution in [0.25, 0.3) is 0 Å². The fourth-order valence-corrected chi connectivity index (χ4v) is 0.546. The Hall–Kier alpha value is -0.120. The molecule has 0 aromatic carbocycles. The fraction of sp³-hybridized carbons (Fsp3) is 1.00. The predicted molar refractivity (Wildman–Crippen MR) is 34.0 cm³/mol. The molecule has 0 aliphatic rings. The van der Waals surface area contributed by atoms with Gasteiger partial charge in [-0.25, -0.2) is 0 Å². The molecule has 56 valence electrons. The third-order valence-electron chi connectivity index (χ3n) is 1.14. The van der Waals surface area contributed by atoms with Crippen LogP contribution >= 0.6 is 0 Å². The second-order valence-electron chi connectivity index (χ2n) is 2.39. The number of aliphatic hydroxyl groups excluding tert-OH is 3. The Kier molecular flexibility index (Phi) is 3.77. The Morgan fingerprint density at radius 2 is 1.56 bits per heavy atom. The molecule has 0 aliphatic heterocycles. The Labute approximate surface area is 54.9 Å². The lowest BCUT2D eigenvalue weighted by atomic mass is 10.1. The number of rotatable bonds is 3. The quantitative estimate of drug-likeness (QED) is 0.487. The largest absolute Gasteiger partial charge is 0.393 e. The molecule has 0 aromatic heterocycles. The number of hydrogen-bond donors (Lipinski definition) is 3. The lowest BCUT2D eigenvalue weighted by Crippen LogP contribution is -2.26. The van der Waals surface area contributed by atoms with Crippen molar-refractivity contribution in [3.05, 3.63) is 0 Å². The van der Waals surface area contributed by atoms with Crippen LogP contribution in [0.1, 0.15) is 20.3 Å². The molecule has 0 saturated carbocycles. The van der Waals surface area contributed by atoms with E-state index >= 15 is 0 Å². The van der Waals surface area contributed by atoms with Crippen molar-refractivity contribution in [1.29, 1.82) is 0 Å². The summed E-state index contributed by atoms with van der Waals surface area (Å²) < 4.78 is 0. The standard InChI is InChI=1S/C6H14O3/c1-4(7)3-6(9)5(2)8/h4-9H,3H2,1-2H3. The van der Waals surface area contributed by atoms with Crippen molar-refractivity contribution in [3.8, 4) is 0 Å². The van der Waals surface area contributed by atoms with Gasteiger partial charge in [0.05, 0.1) is 18.3 Å². The van der Waals surface area contributed by atoms with Gasteiger partial charge in [0.2, 0.25) is 0 Å². The highest BCUT2D eigenvalue weighted by Crippen LogP contribution is 2.01. The predicted octanol–water partition coefficient (Wildman–Crippen LogP) is -0.501. The first kappa shape index (κ1) is 8.88. The third kappa shape index (κ3) is 4.39. The van der Waals surface area contributed by atoms with Crippen molar-refractivity contribution in [3.63, 3.8) is 0 Å². The Morgan fingerprint density at radius 1 is 1.11 bits per heavy atom. The fourth-order valence-electron chi connectivity index (χ4n) is 0.546. The van der Waals surface area contributed by atoms with Crippen LogP contribution in [0.4, 0.5) is 0 Å². The van der Waals surface area contributed by atoms with E-state index in [1.54, 1.807) is 6.92 Å². The SMILES string of the molecule is CC(O)CC(O)C(C)O. The summed E-state index contributed by atoms with van der Waals surface area (Å²) in [7, 11) is 0. The summed E-state index contributed by atoms with van der Waals surface area (Å²) in [6, 6.07) is 0. The number of hydrogen-bond acceptors (Lipinski definition) is 3. The molecule has 3 N–H and O–H groups in total. The summed E-state index contributed by atoms with van der Waals surface area (Å²) in [5.41, 5.74) is 0. The summed E-state index contributed by atoms with van der Waals surface area (Å²) in [5.74, 6) is 0. The van der Waals surface area contributed by atoms with Gasteiger partial charge in [0, 0.05) is 6.42 Å². The van der Waals surface area contributed by atoms with Gasteiger partial charge in [-0.05, 0) is 13.8 Å². The molecule has 0 radical (unpaired) electrons. The molecule has 0 spiro atoms. The van der Waals surface area contributed by atoms with Crippen molar-refractivity contribution in [2.45, 2.75) is 38.6 Å². The molecular formula is C6H14O3. The van der Waals surface area contributed by atoms with Crippen molar-refractivity contribution < 1.29 is 15.3 Å². The van der Waals surface area contributed by atoms with Crippen LogP contribution in [0.5, 0.6) is 0 Å². The first-order valence-corrected chi connectivity index (χ1v) is 3.08. The molecule has 9 heavy (non-hydrogen) atoms. The molecule has 3 atom stereocenters. The van der Waals surface area contributed by atoms with Crippen molar-refractivity contribution in [1.82, 2.24) is 0 Å². The molecule has 0 aromatic rings. The maximum atomic E-state index is 8.89. The highest BCUT2D eigenvalue weighted by atomic mass is 16.3. The van der Waals surface area contributed by atoms with Gasteiger partial charge in [0.1, 0.15) is 0 Å². The van der Waals surface area contributed by atoms with Crippen LogP contribution in [0.2, 0.25) is 0 Å². The molecular weight excluding hydrogens is 120 g/mol. The molecule has 3 heteroatoms. The zero-order valence-corrected chi connectivity index (χ0v) is 5.78. The minimum absolute atomic E-state index is 0.234. The van der Waals surface area contributed by atoms with Crippen molar-refractivity contribution >= 4 is 0 Å². The smallest absolute Gasteiger partial charge is 0.0820 e. The molecule has 0 amide bonds. The highest BCUT2D eigenvalue weighted by Gasteiger charge is 2.12. The van der Waals surface area contributed by atoms with Crippen LogP contribution in [-0.2, 0) is 0 Å². The van der Waals surface area contributed by atoms with E-state index in [-0.39, 0.29) is 6.42 Å². The summed E-state index contributed by atoms with van der Waals surface area (Å²) in [6.45, 7) is 3.07. The second kappa shape index (κ2) is 3.82. The van der Waals surface area contributed by atoms with Gasteiger partial charge in [0.15, 0.2) is 0 Å². The van der Waals surface area contributed by atoms with E-state index in [1.165, 1.54) is 6.92 Å². The van der Waals surface area contributed by atoms with Crippen LogP contribution in [0, 0.1) is 0 Å². The van der Waals surface area contributed by atoms with E-state index in [0.29, 0.717) is 0 Å². The Bertz CT molecular complexity index is 70.7. The van der Waals surface area contributed by atoms with E-state index in [4.69, 9.17) is 15.3 Å². The van der Waals surface area contributed by atoms with Gasteiger partial charge in [-0.15, -0.1) is 0 Å². The molecule has 0 aliphatic carbocycles. The summed E-state index contributed by atoms with van der Waals surface area (Å²) in [4.78, 5) is 0. The average molecular weight is 134 g/mol. The molecule has 0 rings (SSSR count). The van der Waals surface area contributed by atoms with Gasteiger partial charge >= 0.3 is 0 Å². The zero-order chi connectivity index (χ0) is 7.44. The topological polar surface area (TPSA) is 60.7 Å². The maximum absolute atomic E-state index is 8.89. The monoisotopic (exact) mass is 134 g/mol. The van der Waals surface area contributed by atoms with Crippen LogP contribution in [-0.4, -0.2) is 33.6 Å².